The molecule has 0 bridgehead atoms. The predicted octanol–water partition coefficient (Wildman–Crippen LogP) is 3.13. The van der Waals surface area contributed by atoms with E-state index in [0.717, 1.165) is 19.5 Å². The fraction of sp³-hybridized carbons (Fsp3) is 0.235. The Morgan fingerprint density at radius 1 is 1.14 bits per heavy atom. The first-order chi connectivity index (χ1) is 10.3. The number of hydrogen-bond donors (Lipinski definition) is 1. The lowest BCUT2D eigenvalue weighted by atomic mass is 10.2. The second-order valence-corrected chi connectivity index (χ2v) is 5.51. The zero-order valence-corrected chi connectivity index (χ0v) is 12.4. The van der Waals surface area contributed by atoms with Crippen LogP contribution < -0.4 is 10.2 Å². The molecule has 0 fully saturated rings. The maximum atomic E-state index is 12.1. The minimum atomic E-state index is -0.118. The Morgan fingerprint density at radius 2 is 1.90 bits per heavy atom. The number of amides is 1. The summed E-state index contributed by atoms with van der Waals surface area (Å²) in [5.74, 6) is -0.118. The molecule has 0 unspecified atom stereocenters. The van der Waals surface area contributed by atoms with Gasteiger partial charge in [0.1, 0.15) is 0 Å². The zero-order valence-electron chi connectivity index (χ0n) is 11.7. The minimum absolute atomic E-state index is 0.118. The lowest BCUT2D eigenvalue weighted by Crippen LogP contribution is -2.34. The average Bonchev–Trinajstić information content (AvgIpc) is 2.91. The van der Waals surface area contributed by atoms with Crippen LogP contribution >= 0.6 is 11.6 Å². The molecular formula is C17H17ClN2O. The molecule has 21 heavy (non-hydrogen) atoms. The summed E-state index contributed by atoms with van der Waals surface area (Å²) in [6.45, 7) is 2.44. The molecular weight excluding hydrogens is 284 g/mol. The van der Waals surface area contributed by atoms with E-state index in [-0.39, 0.29) is 5.91 Å². The summed E-state index contributed by atoms with van der Waals surface area (Å²) in [7, 11) is 0. The summed E-state index contributed by atoms with van der Waals surface area (Å²) < 4.78 is 0. The zero-order chi connectivity index (χ0) is 14.7. The van der Waals surface area contributed by atoms with Gasteiger partial charge in [0.2, 0.25) is 0 Å². The van der Waals surface area contributed by atoms with Gasteiger partial charge in [-0.2, -0.15) is 0 Å². The maximum absolute atomic E-state index is 12.1. The van der Waals surface area contributed by atoms with Crippen molar-refractivity contribution in [1.29, 1.82) is 0 Å². The molecule has 2 aromatic carbocycles. The van der Waals surface area contributed by atoms with Crippen LogP contribution in [0, 0.1) is 0 Å². The van der Waals surface area contributed by atoms with Crippen LogP contribution in [0.25, 0.3) is 0 Å². The van der Waals surface area contributed by atoms with Crippen LogP contribution in [0.1, 0.15) is 15.9 Å². The van der Waals surface area contributed by atoms with Crippen molar-refractivity contribution in [2.24, 2.45) is 0 Å². The Bertz CT molecular complexity index is 657. The van der Waals surface area contributed by atoms with Gasteiger partial charge in [0.15, 0.2) is 0 Å². The number of fused-ring (bicyclic) bond motifs is 1. The Kier molecular flexibility index (Phi) is 4.11. The van der Waals surface area contributed by atoms with E-state index in [4.69, 9.17) is 11.6 Å². The SMILES string of the molecule is O=C(NCCN1CCc2ccccc21)c1ccccc1Cl. The highest BCUT2D eigenvalue weighted by atomic mass is 35.5. The van der Waals surface area contributed by atoms with E-state index in [0.29, 0.717) is 17.1 Å². The first-order valence-electron chi connectivity index (χ1n) is 7.11. The quantitative estimate of drug-likeness (QED) is 0.941. The number of nitrogens with zero attached hydrogens (tertiary/aromatic N) is 1. The van der Waals surface area contributed by atoms with Gasteiger partial charge < -0.3 is 10.2 Å². The van der Waals surface area contributed by atoms with Gasteiger partial charge >= 0.3 is 0 Å². The number of para-hydroxylation sites is 1. The van der Waals surface area contributed by atoms with Crippen molar-refractivity contribution in [3.63, 3.8) is 0 Å². The highest BCUT2D eigenvalue weighted by Gasteiger charge is 2.18. The van der Waals surface area contributed by atoms with Crippen LogP contribution in [0.2, 0.25) is 5.02 Å². The van der Waals surface area contributed by atoms with E-state index in [1.807, 2.05) is 12.1 Å². The Labute approximate surface area is 129 Å². The van der Waals surface area contributed by atoms with Gasteiger partial charge in [0.05, 0.1) is 10.6 Å². The van der Waals surface area contributed by atoms with Crippen molar-refractivity contribution in [2.75, 3.05) is 24.5 Å². The molecule has 4 heteroatoms. The third-order valence-electron chi connectivity index (χ3n) is 3.77. The van der Waals surface area contributed by atoms with Gasteiger partial charge in [-0.25, -0.2) is 0 Å². The van der Waals surface area contributed by atoms with Gasteiger partial charge in [0, 0.05) is 25.3 Å². The summed E-state index contributed by atoms with van der Waals surface area (Å²) in [5, 5.41) is 3.42. The maximum Gasteiger partial charge on any atom is 0.252 e. The molecule has 3 rings (SSSR count). The van der Waals surface area contributed by atoms with Gasteiger partial charge in [0.25, 0.3) is 5.91 Å². The van der Waals surface area contributed by atoms with Crippen molar-refractivity contribution in [2.45, 2.75) is 6.42 Å². The molecule has 0 aromatic heterocycles. The highest BCUT2D eigenvalue weighted by Crippen LogP contribution is 2.26. The summed E-state index contributed by atoms with van der Waals surface area (Å²) in [6, 6.07) is 15.5. The van der Waals surface area contributed by atoms with E-state index in [1.54, 1.807) is 12.1 Å². The van der Waals surface area contributed by atoms with E-state index < -0.39 is 0 Å². The van der Waals surface area contributed by atoms with Crippen LogP contribution in [-0.2, 0) is 6.42 Å². The van der Waals surface area contributed by atoms with E-state index >= 15 is 0 Å². The Hall–Kier alpha value is -2.00. The molecule has 1 heterocycles. The van der Waals surface area contributed by atoms with Crippen molar-refractivity contribution in [1.82, 2.24) is 5.32 Å². The first kappa shape index (κ1) is 14.0. The second kappa shape index (κ2) is 6.19. The van der Waals surface area contributed by atoms with Crippen LogP contribution in [0.5, 0.6) is 0 Å². The third-order valence-corrected chi connectivity index (χ3v) is 4.10. The predicted molar refractivity (Wildman–Crippen MR) is 86.1 cm³/mol. The van der Waals surface area contributed by atoms with Gasteiger partial charge in [-0.15, -0.1) is 0 Å². The molecule has 1 N–H and O–H groups in total. The molecule has 108 valence electrons. The molecule has 0 atom stereocenters. The van der Waals surface area contributed by atoms with Crippen molar-refractivity contribution in [3.05, 3.63) is 64.7 Å². The lowest BCUT2D eigenvalue weighted by molar-refractivity contribution is 0.0955. The molecule has 0 saturated carbocycles. The molecule has 0 aliphatic carbocycles. The van der Waals surface area contributed by atoms with Crippen molar-refractivity contribution < 1.29 is 4.79 Å². The normalized spacial score (nSPS) is 13.1. The largest absolute Gasteiger partial charge is 0.369 e. The van der Waals surface area contributed by atoms with Crippen LogP contribution in [0.4, 0.5) is 5.69 Å². The summed E-state index contributed by atoms with van der Waals surface area (Å²) in [4.78, 5) is 14.4. The monoisotopic (exact) mass is 300 g/mol. The summed E-state index contributed by atoms with van der Waals surface area (Å²) in [5.41, 5.74) is 3.19. The van der Waals surface area contributed by atoms with E-state index in [2.05, 4.69) is 34.5 Å². The molecule has 0 saturated heterocycles. The molecule has 3 nitrogen and oxygen atoms in total. The number of halogens is 1. The van der Waals surface area contributed by atoms with Crippen LogP contribution in [0.15, 0.2) is 48.5 Å². The van der Waals surface area contributed by atoms with Gasteiger partial charge in [-0.3, -0.25) is 4.79 Å². The minimum Gasteiger partial charge on any atom is -0.369 e. The molecule has 0 spiro atoms. The second-order valence-electron chi connectivity index (χ2n) is 5.10. The van der Waals surface area contributed by atoms with E-state index in [9.17, 15) is 4.79 Å². The smallest absolute Gasteiger partial charge is 0.252 e. The number of hydrogen-bond acceptors (Lipinski definition) is 2. The number of anilines is 1. The summed E-state index contributed by atoms with van der Waals surface area (Å²) >= 11 is 6.02. The fourth-order valence-corrected chi connectivity index (χ4v) is 2.91. The molecule has 1 aliphatic heterocycles. The van der Waals surface area contributed by atoms with Gasteiger partial charge in [-0.1, -0.05) is 41.9 Å². The average molecular weight is 301 g/mol. The summed E-state index contributed by atoms with van der Waals surface area (Å²) in [6.07, 6.45) is 1.08. The lowest BCUT2D eigenvalue weighted by Gasteiger charge is -2.19. The number of carbonyl (C=O) groups excluding carboxylic acids is 1. The van der Waals surface area contributed by atoms with Crippen molar-refractivity contribution >= 4 is 23.2 Å². The Balaban J connectivity index is 1.56. The Morgan fingerprint density at radius 3 is 2.76 bits per heavy atom. The van der Waals surface area contributed by atoms with E-state index in [1.165, 1.54) is 11.3 Å². The fourth-order valence-electron chi connectivity index (χ4n) is 2.68. The van der Waals surface area contributed by atoms with Crippen LogP contribution in [-0.4, -0.2) is 25.5 Å². The topological polar surface area (TPSA) is 32.3 Å². The number of benzene rings is 2. The number of nitrogens with one attached hydrogen (secondary N) is 1. The molecule has 1 aliphatic rings. The molecule has 1 amide bonds. The molecule has 0 radical (unpaired) electrons. The van der Waals surface area contributed by atoms with Crippen LogP contribution in [0.3, 0.4) is 0 Å². The number of carbonyl (C=O) groups is 1. The first-order valence-corrected chi connectivity index (χ1v) is 7.49. The standard InChI is InChI=1S/C17H17ClN2O/c18-15-7-3-2-6-14(15)17(21)19-10-12-20-11-9-13-5-1-4-8-16(13)20/h1-8H,9-12H2,(H,19,21). The van der Waals surface area contributed by atoms with Gasteiger partial charge in [-0.05, 0) is 30.2 Å². The molecule has 2 aromatic rings. The third kappa shape index (κ3) is 3.03. The number of rotatable bonds is 4. The highest BCUT2D eigenvalue weighted by molar-refractivity contribution is 6.33. The van der Waals surface area contributed by atoms with Crippen molar-refractivity contribution in [3.8, 4) is 0 Å².